The number of aliphatic hydroxyl groups is 1. The molecule has 0 aromatic heterocycles. The lowest BCUT2D eigenvalue weighted by Gasteiger charge is -2.24. The monoisotopic (exact) mass is 240 g/mol. The topological polar surface area (TPSA) is 52.6 Å². The maximum absolute atomic E-state index is 12.0. The minimum Gasteiger partial charge on any atom is -0.396 e. The molecule has 0 aromatic rings. The van der Waals surface area contributed by atoms with Crippen LogP contribution in [0.4, 0.5) is 0 Å². The standard InChI is InChI=1S/C13H24N2O2/c16-10-2-4-12-3-1-9-15(12)13(17)7-8-14-11-5-6-11/h11-12,14,16H,1-10H2. The van der Waals surface area contributed by atoms with E-state index in [1.807, 2.05) is 4.90 Å². The summed E-state index contributed by atoms with van der Waals surface area (Å²) >= 11 is 0. The quantitative estimate of drug-likeness (QED) is 0.695. The van der Waals surface area contributed by atoms with E-state index in [1.165, 1.54) is 12.8 Å². The van der Waals surface area contributed by atoms with E-state index in [0.717, 1.165) is 38.8 Å². The number of nitrogens with one attached hydrogen (secondary N) is 1. The summed E-state index contributed by atoms with van der Waals surface area (Å²) in [6.07, 6.45) is 7.19. The fourth-order valence-electron chi connectivity index (χ4n) is 2.61. The smallest absolute Gasteiger partial charge is 0.224 e. The molecule has 2 fully saturated rings. The van der Waals surface area contributed by atoms with Crippen molar-refractivity contribution in [3.8, 4) is 0 Å². The maximum atomic E-state index is 12.0. The molecule has 2 rings (SSSR count). The van der Waals surface area contributed by atoms with Crippen LogP contribution in [-0.4, -0.2) is 47.7 Å². The van der Waals surface area contributed by atoms with Crippen LogP contribution in [0.3, 0.4) is 0 Å². The summed E-state index contributed by atoms with van der Waals surface area (Å²) < 4.78 is 0. The molecule has 1 aliphatic heterocycles. The fraction of sp³-hybridized carbons (Fsp3) is 0.923. The number of amides is 1. The predicted molar refractivity (Wildman–Crippen MR) is 66.7 cm³/mol. The molecule has 0 aromatic carbocycles. The highest BCUT2D eigenvalue weighted by molar-refractivity contribution is 5.77. The largest absolute Gasteiger partial charge is 0.396 e. The van der Waals surface area contributed by atoms with Gasteiger partial charge in [0.05, 0.1) is 0 Å². The van der Waals surface area contributed by atoms with Gasteiger partial charge in [0.15, 0.2) is 0 Å². The van der Waals surface area contributed by atoms with Gasteiger partial charge in [0, 0.05) is 38.2 Å². The first-order valence-electron chi connectivity index (χ1n) is 6.95. The number of rotatable bonds is 7. The van der Waals surface area contributed by atoms with Crippen molar-refractivity contribution in [2.75, 3.05) is 19.7 Å². The summed E-state index contributed by atoms with van der Waals surface area (Å²) in [6, 6.07) is 1.07. The number of carbonyl (C=O) groups is 1. The highest BCUT2D eigenvalue weighted by Crippen LogP contribution is 2.22. The zero-order valence-electron chi connectivity index (χ0n) is 10.5. The molecule has 17 heavy (non-hydrogen) atoms. The van der Waals surface area contributed by atoms with Crippen molar-refractivity contribution in [1.82, 2.24) is 10.2 Å². The van der Waals surface area contributed by atoms with Crippen LogP contribution in [0.5, 0.6) is 0 Å². The number of hydrogen-bond donors (Lipinski definition) is 2. The normalized spacial score (nSPS) is 24.3. The van der Waals surface area contributed by atoms with Crippen molar-refractivity contribution in [2.24, 2.45) is 0 Å². The molecule has 0 radical (unpaired) electrons. The van der Waals surface area contributed by atoms with E-state index in [-0.39, 0.29) is 6.61 Å². The summed E-state index contributed by atoms with van der Waals surface area (Å²) in [6.45, 7) is 1.98. The highest BCUT2D eigenvalue weighted by atomic mass is 16.3. The van der Waals surface area contributed by atoms with E-state index in [9.17, 15) is 4.79 Å². The van der Waals surface area contributed by atoms with E-state index in [0.29, 0.717) is 24.4 Å². The Morgan fingerprint density at radius 1 is 1.35 bits per heavy atom. The average molecular weight is 240 g/mol. The number of aliphatic hydroxyl groups excluding tert-OH is 1. The summed E-state index contributed by atoms with van der Waals surface area (Å²) in [4.78, 5) is 14.1. The van der Waals surface area contributed by atoms with Crippen LogP contribution in [0.25, 0.3) is 0 Å². The SMILES string of the molecule is O=C(CCNC1CC1)N1CCCC1CCCO. The van der Waals surface area contributed by atoms with Gasteiger partial charge in [0.2, 0.25) is 5.91 Å². The first-order valence-corrected chi connectivity index (χ1v) is 6.95. The summed E-state index contributed by atoms with van der Waals surface area (Å²) in [7, 11) is 0. The zero-order valence-corrected chi connectivity index (χ0v) is 10.5. The Hall–Kier alpha value is -0.610. The van der Waals surface area contributed by atoms with Crippen LogP contribution in [0, 0.1) is 0 Å². The van der Waals surface area contributed by atoms with Gasteiger partial charge >= 0.3 is 0 Å². The van der Waals surface area contributed by atoms with Crippen molar-refractivity contribution >= 4 is 5.91 Å². The van der Waals surface area contributed by atoms with Crippen LogP contribution in [0.1, 0.15) is 44.9 Å². The second-order valence-electron chi connectivity index (χ2n) is 5.23. The third-order valence-electron chi connectivity index (χ3n) is 3.74. The van der Waals surface area contributed by atoms with Crippen LogP contribution in [0.2, 0.25) is 0 Å². The molecule has 4 nitrogen and oxygen atoms in total. The molecule has 1 heterocycles. The number of carbonyl (C=O) groups excluding carboxylic acids is 1. The van der Waals surface area contributed by atoms with Crippen molar-refractivity contribution in [3.63, 3.8) is 0 Å². The highest BCUT2D eigenvalue weighted by Gasteiger charge is 2.28. The molecule has 1 aliphatic carbocycles. The molecule has 1 unspecified atom stereocenters. The average Bonchev–Trinajstić information content (AvgIpc) is 3.03. The van der Waals surface area contributed by atoms with Gasteiger partial charge in [-0.2, -0.15) is 0 Å². The molecule has 0 spiro atoms. The lowest BCUT2D eigenvalue weighted by atomic mass is 10.1. The Balaban J connectivity index is 1.68. The van der Waals surface area contributed by atoms with E-state index in [2.05, 4.69) is 5.32 Å². The molecule has 0 bridgehead atoms. The molecule has 2 N–H and O–H groups in total. The van der Waals surface area contributed by atoms with Crippen molar-refractivity contribution in [3.05, 3.63) is 0 Å². The molecular weight excluding hydrogens is 216 g/mol. The lowest BCUT2D eigenvalue weighted by molar-refractivity contribution is -0.132. The molecule has 98 valence electrons. The number of hydrogen-bond acceptors (Lipinski definition) is 3. The predicted octanol–water partition coefficient (Wildman–Crippen LogP) is 0.892. The molecule has 4 heteroatoms. The second kappa shape index (κ2) is 6.36. The van der Waals surface area contributed by atoms with Gasteiger partial charge < -0.3 is 15.3 Å². The second-order valence-corrected chi connectivity index (χ2v) is 5.23. The molecule has 2 aliphatic rings. The Morgan fingerprint density at radius 2 is 2.18 bits per heavy atom. The van der Waals surface area contributed by atoms with Gasteiger partial charge in [-0.05, 0) is 38.5 Å². The van der Waals surface area contributed by atoms with Crippen molar-refractivity contribution in [2.45, 2.75) is 57.0 Å². The first kappa shape index (κ1) is 12.8. The molecule has 1 saturated carbocycles. The minimum absolute atomic E-state index is 0.238. The molecule has 1 amide bonds. The molecule has 1 atom stereocenters. The zero-order chi connectivity index (χ0) is 12.1. The minimum atomic E-state index is 0.238. The third-order valence-corrected chi connectivity index (χ3v) is 3.74. The number of nitrogens with zero attached hydrogens (tertiary/aromatic N) is 1. The van der Waals surface area contributed by atoms with Crippen LogP contribution in [-0.2, 0) is 4.79 Å². The summed E-state index contributed by atoms with van der Waals surface area (Å²) in [5.74, 6) is 0.290. The van der Waals surface area contributed by atoms with E-state index >= 15 is 0 Å². The van der Waals surface area contributed by atoms with E-state index in [4.69, 9.17) is 5.11 Å². The Labute approximate surface area is 103 Å². The van der Waals surface area contributed by atoms with Crippen LogP contribution >= 0.6 is 0 Å². The van der Waals surface area contributed by atoms with Gasteiger partial charge in [-0.1, -0.05) is 0 Å². The summed E-state index contributed by atoms with van der Waals surface area (Å²) in [5.41, 5.74) is 0. The molecule has 1 saturated heterocycles. The maximum Gasteiger partial charge on any atom is 0.224 e. The van der Waals surface area contributed by atoms with Crippen molar-refractivity contribution in [1.29, 1.82) is 0 Å². The van der Waals surface area contributed by atoms with Gasteiger partial charge in [0.1, 0.15) is 0 Å². The Morgan fingerprint density at radius 3 is 2.88 bits per heavy atom. The first-order chi connectivity index (χ1) is 8.31. The van der Waals surface area contributed by atoms with Crippen molar-refractivity contribution < 1.29 is 9.90 Å². The fourth-order valence-corrected chi connectivity index (χ4v) is 2.61. The Bertz CT molecular complexity index is 254. The van der Waals surface area contributed by atoms with Gasteiger partial charge in [-0.3, -0.25) is 4.79 Å². The Kier molecular flexibility index (Phi) is 4.80. The van der Waals surface area contributed by atoms with E-state index in [1.54, 1.807) is 0 Å². The van der Waals surface area contributed by atoms with E-state index < -0.39 is 0 Å². The van der Waals surface area contributed by atoms with Gasteiger partial charge in [0.25, 0.3) is 0 Å². The molecular formula is C13H24N2O2. The van der Waals surface area contributed by atoms with Gasteiger partial charge in [-0.15, -0.1) is 0 Å². The third kappa shape index (κ3) is 3.96. The van der Waals surface area contributed by atoms with Crippen LogP contribution in [0.15, 0.2) is 0 Å². The lowest BCUT2D eigenvalue weighted by Crippen LogP contribution is -2.37. The van der Waals surface area contributed by atoms with Crippen LogP contribution < -0.4 is 5.32 Å². The summed E-state index contributed by atoms with van der Waals surface area (Å²) in [5, 5.41) is 12.2. The number of likely N-dealkylation sites (tertiary alicyclic amines) is 1. The van der Waals surface area contributed by atoms with Gasteiger partial charge in [-0.25, -0.2) is 0 Å².